The predicted molar refractivity (Wildman–Crippen MR) is 122 cm³/mol. The molecule has 6 nitrogen and oxygen atoms in total. The summed E-state index contributed by atoms with van der Waals surface area (Å²) in [5.74, 6) is -2.25. The van der Waals surface area contributed by atoms with Crippen molar-refractivity contribution in [3.8, 4) is 0 Å². The number of hydrogen-bond acceptors (Lipinski definition) is 4. The van der Waals surface area contributed by atoms with Crippen molar-refractivity contribution < 1.29 is 19.1 Å². The van der Waals surface area contributed by atoms with Crippen LogP contribution in [0.2, 0.25) is 0 Å². The van der Waals surface area contributed by atoms with E-state index in [0.717, 1.165) is 30.0 Å². The van der Waals surface area contributed by atoms with Crippen molar-refractivity contribution in [1.82, 2.24) is 0 Å². The van der Waals surface area contributed by atoms with E-state index in [1.165, 1.54) is 24.5 Å². The van der Waals surface area contributed by atoms with Crippen LogP contribution in [0.1, 0.15) is 53.4 Å². The van der Waals surface area contributed by atoms with Gasteiger partial charge in [-0.1, -0.05) is 44.0 Å². The lowest BCUT2D eigenvalue weighted by Crippen LogP contribution is -2.11. The summed E-state index contributed by atoms with van der Waals surface area (Å²) in [6.45, 7) is 3.95. The zero-order chi connectivity index (χ0) is 22.4. The summed E-state index contributed by atoms with van der Waals surface area (Å²) in [7, 11) is 0. The average Bonchev–Trinajstić information content (AvgIpc) is 2.74. The first kappa shape index (κ1) is 22.0. The summed E-state index contributed by atoms with van der Waals surface area (Å²) in [5.41, 5.74) is 2.70. The molecule has 3 aromatic rings. The zero-order valence-corrected chi connectivity index (χ0v) is 17.6. The van der Waals surface area contributed by atoms with Gasteiger partial charge in [0, 0.05) is 12.1 Å². The largest absolute Gasteiger partial charge is 0.475 e. The van der Waals surface area contributed by atoms with Gasteiger partial charge in [-0.05, 0) is 54.7 Å². The number of nitrogens with one attached hydrogen (secondary N) is 1. The highest BCUT2D eigenvalue weighted by atomic mass is 16.4. The number of aryl methyl sites for hydroxylation is 2. The first-order chi connectivity index (χ1) is 14.9. The highest BCUT2D eigenvalue weighted by Crippen LogP contribution is 2.24. The van der Waals surface area contributed by atoms with Crippen molar-refractivity contribution in [3.63, 3.8) is 0 Å². The lowest BCUT2D eigenvalue weighted by Gasteiger charge is -2.08. The van der Waals surface area contributed by atoms with E-state index in [9.17, 15) is 14.4 Å². The summed E-state index contributed by atoms with van der Waals surface area (Å²) in [6, 6.07) is 12.2. The molecule has 0 saturated heterocycles. The maximum absolute atomic E-state index is 12.5. The number of amides is 1. The summed E-state index contributed by atoms with van der Waals surface area (Å²) < 4.78 is 5.37. The number of fused-ring (bicyclic) bond motifs is 1. The monoisotopic (exact) mass is 419 g/mol. The average molecular weight is 419 g/mol. The molecule has 2 N–H and O–H groups in total. The van der Waals surface area contributed by atoms with Gasteiger partial charge in [0.25, 0.3) is 0 Å². The second-order valence-corrected chi connectivity index (χ2v) is 7.49. The van der Waals surface area contributed by atoms with Gasteiger partial charge in [0.05, 0.1) is 11.1 Å². The lowest BCUT2D eigenvalue weighted by atomic mass is 10.1. The highest BCUT2D eigenvalue weighted by Gasteiger charge is 2.15. The number of benzene rings is 2. The third-order valence-electron chi connectivity index (χ3n) is 4.92. The number of rotatable bonds is 8. The molecule has 0 aliphatic carbocycles. The molecule has 31 heavy (non-hydrogen) atoms. The predicted octanol–water partition coefficient (Wildman–Crippen LogP) is 5.18. The molecule has 0 saturated carbocycles. The fourth-order valence-electron chi connectivity index (χ4n) is 3.32. The van der Waals surface area contributed by atoms with E-state index in [-0.39, 0.29) is 16.7 Å². The van der Waals surface area contributed by atoms with E-state index < -0.39 is 23.1 Å². The number of carbonyl (C=O) groups is 2. The molecule has 1 amide bonds. The van der Waals surface area contributed by atoms with Crippen molar-refractivity contribution >= 4 is 34.6 Å². The molecule has 0 fully saturated rings. The smallest absolute Gasteiger partial charge is 0.371 e. The van der Waals surface area contributed by atoms with Gasteiger partial charge < -0.3 is 14.8 Å². The number of carbonyl (C=O) groups excluding carboxylic acids is 1. The standard InChI is InChI=1S/C25H25NO5/c1-3-4-5-6-17-7-9-18(10-8-17)11-12-23(28)26-20-14-16(2)13-19-21(27)15-22(25(29)30)31-24(19)20/h7-15H,3-6H2,1-2H3,(H,26,28)(H,29,30). The molecule has 0 atom stereocenters. The SMILES string of the molecule is CCCCCc1ccc(C=CC(=O)Nc2cc(C)cc3c(=O)cc(C(=O)O)oc23)cc1. The molecular weight excluding hydrogens is 394 g/mol. The normalized spacial score (nSPS) is 11.2. The number of carboxylic acid groups (broad SMARTS) is 1. The maximum atomic E-state index is 12.5. The van der Waals surface area contributed by atoms with Gasteiger partial charge >= 0.3 is 5.97 Å². The molecule has 0 aliphatic rings. The molecule has 0 spiro atoms. The van der Waals surface area contributed by atoms with Crippen LogP contribution in [-0.4, -0.2) is 17.0 Å². The van der Waals surface area contributed by atoms with Gasteiger partial charge in [-0.15, -0.1) is 0 Å². The van der Waals surface area contributed by atoms with Crippen LogP contribution in [0.4, 0.5) is 5.69 Å². The highest BCUT2D eigenvalue weighted by molar-refractivity contribution is 6.06. The number of unbranched alkanes of at least 4 members (excludes halogenated alkanes) is 2. The Hall–Kier alpha value is -3.67. The van der Waals surface area contributed by atoms with E-state index in [0.29, 0.717) is 0 Å². The molecule has 6 heteroatoms. The van der Waals surface area contributed by atoms with Gasteiger partial charge in [-0.3, -0.25) is 9.59 Å². The third-order valence-corrected chi connectivity index (χ3v) is 4.92. The molecular formula is C25H25NO5. The van der Waals surface area contributed by atoms with Crippen molar-refractivity contribution in [2.75, 3.05) is 5.32 Å². The minimum absolute atomic E-state index is 0.0358. The van der Waals surface area contributed by atoms with Crippen molar-refractivity contribution in [1.29, 1.82) is 0 Å². The van der Waals surface area contributed by atoms with Crippen LogP contribution in [0.15, 0.2) is 57.8 Å². The molecule has 1 aromatic heterocycles. The van der Waals surface area contributed by atoms with E-state index in [1.807, 2.05) is 12.1 Å². The quantitative estimate of drug-likeness (QED) is 0.387. The lowest BCUT2D eigenvalue weighted by molar-refractivity contribution is -0.111. The first-order valence-corrected chi connectivity index (χ1v) is 10.3. The zero-order valence-electron chi connectivity index (χ0n) is 17.6. The molecule has 0 bridgehead atoms. The van der Waals surface area contributed by atoms with Gasteiger partial charge in [-0.2, -0.15) is 0 Å². The summed E-state index contributed by atoms with van der Waals surface area (Å²) in [5, 5.41) is 12.0. The fourth-order valence-corrected chi connectivity index (χ4v) is 3.32. The van der Waals surface area contributed by atoms with Crippen LogP contribution in [0.5, 0.6) is 0 Å². The van der Waals surface area contributed by atoms with Gasteiger partial charge in [0.1, 0.15) is 0 Å². The maximum Gasteiger partial charge on any atom is 0.371 e. The molecule has 0 aliphatic heterocycles. The van der Waals surface area contributed by atoms with E-state index in [4.69, 9.17) is 9.52 Å². The Morgan fingerprint density at radius 3 is 2.52 bits per heavy atom. The van der Waals surface area contributed by atoms with E-state index >= 15 is 0 Å². The Morgan fingerprint density at radius 2 is 1.84 bits per heavy atom. The number of carboxylic acids is 1. The van der Waals surface area contributed by atoms with Crippen molar-refractivity contribution in [3.05, 3.63) is 81.2 Å². The molecule has 0 unspecified atom stereocenters. The second kappa shape index (κ2) is 9.89. The number of hydrogen-bond donors (Lipinski definition) is 2. The van der Waals surface area contributed by atoms with Gasteiger partial charge in [0.2, 0.25) is 11.7 Å². The van der Waals surface area contributed by atoms with Crippen LogP contribution in [0.3, 0.4) is 0 Å². The Kier molecular flexibility index (Phi) is 7.03. The van der Waals surface area contributed by atoms with Crippen LogP contribution in [0.25, 0.3) is 17.0 Å². The Bertz CT molecular complexity index is 1190. The molecule has 160 valence electrons. The topological polar surface area (TPSA) is 96.6 Å². The molecule has 2 aromatic carbocycles. The van der Waals surface area contributed by atoms with Gasteiger partial charge in [-0.25, -0.2) is 4.79 Å². The van der Waals surface area contributed by atoms with Crippen LogP contribution < -0.4 is 10.7 Å². The van der Waals surface area contributed by atoms with Gasteiger partial charge in [0.15, 0.2) is 11.0 Å². The molecule has 0 radical (unpaired) electrons. The van der Waals surface area contributed by atoms with Crippen molar-refractivity contribution in [2.24, 2.45) is 0 Å². The third kappa shape index (κ3) is 5.69. The second-order valence-electron chi connectivity index (χ2n) is 7.49. The molecule has 3 rings (SSSR count). The van der Waals surface area contributed by atoms with Crippen molar-refractivity contribution in [2.45, 2.75) is 39.5 Å². The van der Waals surface area contributed by atoms with E-state index in [1.54, 1.807) is 25.1 Å². The van der Waals surface area contributed by atoms with E-state index in [2.05, 4.69) is 24.4 Å². The minimum atomic E-state index is -1.35. The van der Waals surface area contributed by atoms with Crippen LogP contribution in [0, 0.1) is 6.92 Å². The summed E-state index contributed by atoms with van der Waals surface area (Å²) in [4.78, 5) is 35.9. The van der Waals surface area contributed by atoms with Crippen LogP contribution >= 0.6 is 0 Å². The number of aromatic carboxylic acids is 1. The Labute approximate surface area is 180 Å². The molecule has 1 heterocycles. The Balaban J connectivity index is 1.78. The minimum Gasteiger partial charge on any atom is -0.475 e. The Morgan fingerprint density at radius 1 is 1.10 bits per heavy atom. The van der Waals surface area contributed by atoms with Crippen LogP contribution in [-0.2, 0) is 11.2 Å². The number of anilines is 1. The fraction of sp³-hybridized carbons (Fsp3) is 0.240. The summed E-state index contributed by atoms with van der Waals surface area (Å²) >= 11 is 0. The first-order valence-electron chi connectivity index (χ1n) is 10.3. The summed E-state index contributed by atoms with van der Waals surface area (Å²) in [6.07, 6.45) is 7.69.